The fourth-order valence-electron chi connectivity index (χ4n) is 2.96. The zero-order chi connectivity index (χ0) is 18.1. The summed E-state index contributed by atoms with van der Waals surface area (Å²) in [4.78, 5) is 27.2. The number of rotatable bonds is 4. The Morgan fingerprint density at radius 1 is 1.24 bits per heavy atom. The number of thiophene rings is 1. The number of aliphatic hydroxyl groups is 2. The molecule has 1 saturated heterocycles. The number of hydrogen-bond acceptors (Lipinski definition) is 5. The van der Waals surface area contributed by atoms with Gasteiger partial charge in [0.05, 0.1) is 17.7 Å². The summed E-state index contributed by atoms with van der Waals surface area (Å²) in [5.74, 6) is -1.62. The summed E-state index contributed by atoms with van der Waals surface area (Å²) in [5.41, 5.74) is 1.58. The number of likely N-dealkylation sites (tertiary alicyclic amines) is 1. The van der Waals surface area contributed by atoms with Crippen molar-refractivity contribution < 1.29 is 19.8 Å². The third-order valence-corrected chi connectivity index (χ3v) is 5.06. The number of benzene rings is 1. The van der Waals surface area contributed by atoms with Crippen LogP contribution in [0.4, 0.5) is 0 Å². The molecule has 130 valence electrons. The molecule has 1 aliphatic rings. The van der Waals surface area contributed by atoms with Gasteiger partial charge in [-0.05, 0) is 25.3 Å². The van der Waals surface area contributed by atoms with Gasteiger partial charge in [-0.25, -0.2) is 0 Å². The molecule has 0 bridgehead atoms. The van der Waals surface area contributed by atoms with E-state index in [0.29, 0.717) is 5.56 Å². The van der Waals surface area contributed by atoms with Gasteiger partial charge in [0, 0.05) is 17.0 Å². The average Bonchev–Trinajstić information content (AvgIpc) is 3.17. The number of ketones is 1. The number of carbonyl (C=O) groups excluding carboxylic acids is 2. The lowest BCUT2D eigenvalue weighted by Gasteiger charge is -2.25. The fraction of sp³-hybridized carbons (Fsp3) is 0.263. The number of nitrogens with zero attached hydrogens (tertiary/aromatic N) is 1. The molecule has 0 saturated carbocycles. The summed E-state index contributed by atoms with van der Waals surface area (Å²) in [7, 11) is 0. The van der Waals surface area contributed by atoms with Gasteiger partial charge < -0.3 is 15.1 Å². The molecule has 3 rings (SSSR count). The Morgan fingerprint density at radius 3 is 2.48 bits per heavy atom. The number of hydrogen-bond donors (Lipinski definition) is 2. The zero-order valence-corrected chi connectivity index (χ0v) is 14.8. The molecular weight excluding hydrogens is 338 g/mol. The van der Waals surface area contributed by atoms with E-state index in [1.165, 1.54) is 16.2 Å². The summed E-state index contributed by atoms with van der Waals surface area (Å²) in [6, 6.07) is 10.1. The maximum Gasteiger partial charge on any atom is 0.295 e. The van der Waals surface area contributed by atoms with Crippen LogP contribution in [0.3, 0.4) is 0 Å². The largest absolute Gasteiger partial charge is 0.507 e. The first kappa shape index (κ1) is 17.4. The van der Waals surface area contributed by atoms with Crippen molar-refractivity contribution in [3.05, 3.63) is 63.4 Å². The predicted octanol–water partition coefficient (Wildman–Crippen LogP) is 2.86. The second-order valence-electron chi connectivity index (χ2n) is 6.18. The fourth-order valence-corrected chi connectivity index (χ4v) is 3.81. The zero-order valence-electron chi connectivity index (χ0n) is 14.0. The first-order chi connectivity index (χ1) is 11.9. The molecule has 1 aliphatic heterocycles. The summed E-state index contributed by atoms with van der Waals surface area (Å²) in [5, 5.41) is 22.3. The highest BCUT2D eigenvalue weighted by molar-refractivity contribution is 7.10. The van der Waals surface area contributed by atoms with Gasteiger partial charge in [0.2, 0.25) is 0 Å². The molecule has 1 aromatic carbocycles. The molecule has 0 spiro atoms. The second kappa shape index (κ2) is 6.82. The minimum absolute atomic E-state index is 0.0256. The monoisotopic (exact) mass is 357 g/mol. The van der Waals surface area contributed by atoms with Crippen LogP contribution in [0.1, 0.15) is 29.0 Å². The van der Waals surface area contributed by atoms with E-state index in [1.54, 1.807) is 19.1 Å². The van der Waals surface area contributed by atoms with Crippen LogP contribution in [0.2, 0.25) is 0 Å². The van der Waals surface area contributed by atoms with Gasteiger partial charge in [-0.2, -0.15) is 0 Å². The summed E-state index contributed by atoms with van der Waals surface area (Å²) in [6.45, 7) is 3.51. The minimum Gasteiger partial charge on any atom is -0.507 e. The first-order valence-corrected chi connectivity index (χ1v) is 8.85. The number of aliphatic hydroxyl groups excluding tert-OH is 2. The van der Waals surface area contributed by atoms with E-state index in [9.17, 15) is 19.8 Å². The summed E-state index contributed by atoms with van der Waals surface area (Å²) >= 11 is 1.40. The predicted molar refractivity (Wildman–Crippen MR) is 96.2 cm³/mol. The summed E-state index contributed by atoms with van der Waals surface area (Å²) in [6.07, 6.45) is -0.778. The molecule has 1 aromatic heterocycles. The van der Waals surface area contributed by atoms with Crippen LogP contribution in [0.15, 0.2) is 47.4 Å². The van der Waals surface area contributed by atoms with Crippen molar-refractivity contribution in [3.8, 4) is 0 Å². The van der Waals surface area contributed by atoms with Crippen molar-refractivity contribution in [1.29, 1.82) is 0 Å². The van der Waals surface area contributed by atoms with E-state index in [2.05, 4.69) is 0 Å². The highest BCUT2D eigenvalue weighted by Gasteiger charge is 2.46. The van der Waals surface area contributed by atoms with Crippen molar-refractivity contribution in [1.82, 2.24) is 4.90 Å². The molecule has 5 nitrogen and oxygen atoms in total. The molecule has 0 radical (unpaired) electrons. The minimum atomic E-state index is -0.778. The lowest BCUT2D eigenvalue weighted by Crippen LogP contribution is -2.35. The second-order valence-corrected chi connectivity index (χ2v) is 7.16. The average molecular weight is 357 g/mol. The highest BCUT2D eigenvalue weighted by atomic mass is 32.1. The number of Topliss-reactive ketones (excluding diaryl/α,β-unsaturated/α-hetero) is 1. The van der Waals surface area contributed by atoms with Crippen molar-refractivity contribution in [2.75, 3.05) is 6.54 Å². The van der Waals surface area contributed by atoms with Crippen molar-refractivity contribution in [3.63, 3.8) is 0 Å². The molecule has 2 unspecified atom stereocenters. The SMILES string of the molecule is Cc1ccc(/C(O)=C2/C(=O)C(=O)N(CC(C)O)C2c2cccs2)cc1. The third-order valence-electron chi connectivity index (χ3n) is 4.14. The van der Waals surface area contributed by atoms with Crippen LogP contribution in [0.5, 0.6) is 0 Å². The van der Waals surface area contributed by atoms with Crippen molar-refractivity contribution in [2.45, 2.75) is 26.0 Å². The van der Waals surface area contributed by atoms with Gasteiger partial charge in [-0.1, -0.05) is 35.9 Å². The molecule has 2 aromatic rings. The number of β-amino-alcohol motifs (C(OH)–C–C–N with tert-alkyl or cyclic N) is 1. The lowest BCUT2D eigenvalue weighted by atomic mass is 9.99. The van der Waals surface area contributed by atoms with E-state index in [-0.39, 0.29) is 17.9 Å². The van der Waals surface area contributed by atoms with Crippen LogP contribution >= 0.6 is 11.3 Å². The maximum atomic E-state index is 12.6. The molecule has 0 aliphatic carbocycles. The Hall–Kier alpha value is -2.44. The first-order valence-electron chi connectivity index (χ1n) is 7.97. The van der Waals surface area contributed by atoms with E-state index in [0.717, 1.165) is 10.4 Å². The van der Waals surface area contributed by atoms with Crippen LogP contribution in [0, 0.1) is 6.92 Å². The lowest BCUT2D eigenvalue weighted by molar-refractivity contribution is -0.140. The van der Waals surface area contributed by atoms with Gasteiger partial charge in [0.15, 0.2) is 0 Å². The summed E-state index contributed by atoms with van der Waals surface area (Å²) < 4.78 is 0. The quantitative estimate of drug-likeness (QED) is 0.501. The van der Waals surface area contributed by atoms with Crippen LogP contribution in [0.25, 0.3) is 5.76 Å². The Morgan fingerprint density at radius 2 is 1.92 bits per heavy atom. The molecule has 1 amide bonds. The molecular formula is C19H19NO4S. The number of aryl methyl sites for hydroxylation is 1. The standard InChI is InChI=1S/C19H19NO4S/c1-11-5-7-13(8-6-11)17(22)15-16(14-4-3-9-25-14)20(10-12(2)21)19(24)18(15)23/h3-9,12,16,21-22H,10H2,1-2H3/b17-15-. The molecule has 25 heavy (non-hydrogen) atoms. The van der Waals surface area contributed by atoms with Crippen LogP contribution in [-0.4, -0.2) is 39.5 Å². The Labute approximate surface area is 149 Å². The van der Waals surface area contributed by atoms with E-state index < -0.39 is 23.8 Å². The highest BCUT2D eigenvalue weighted by Crippen LogP contribution is 2.41. The van der Waals surface area contributed by atoms with Crippen LogP contribution < -0.4 is 0 Å². The van der Waals surface area contributed by atoms with Gasteiger partial charge in [-0.3, -0.25) is 9.59 Å². The molecule has 1 fully saturated rings. The maximum absolute atomic E-state index is 12.6. The van der Waals surface area contributed by atoms with Crippen LogP contribution in [-0.2, 0) is 9.59 Å². The normalized spacial score (nSPS) is 20.9. The van der Waals surface area contributed by atoms with E-state index >= 15 is 0 Å². The van der Waals surface area contributed by atoms with Gasteiger partial charge in [0.25, 0.3) is 11.7 Å². The molecule has 2 N–H and O–H groups in total. The smallest absolute Gasteiger partial charge is 0.295 e. The van der Waals surface area contributed by atoms with Gasteiger partial charge in [-0.15, -0.1) is 11.3 Å². The van der Waals surface area contributed by atoms with Crippen molar-refractivity contribution >= 4 is 28.8 Å². The Balaban J connectivity index is 2.15. The topological polar surface area (TPSA) is 77.8 Å². The number of carbonyl (C=O) groups is 2. The van der Waals surface area contributed by atoms with E-state index in [4.69, 9.17) is 0 Å². The van der Waals surface area contributed by atoms with E-state index in [1.807, 2.05) is 36.6 Å². The number of amides is 1. The third kappa shape index (κ3) is 3.23. The van der Waals surface area contributed by atoms with Gasteiger partial charge in [0.1, 0.15) is 5.76 Å². The molecule has 2 heterocycles. The Bertz CT molecular complexity index is 822. The van der Waals surface area contributed by atoms with Crippen molar-refractivity contribution in [2.24, 2.45) is 0 Å². The molecule has 6 heteroatoms. The Kier molecular flexibility index (Phi) is 4.74. The molecule has 2 atom stereocenters. The van der Waals surface area contributed by atoms with Gasteiger partial charge >= 0.3 is 0 Å².